The third-order valence-corrected chi connectivity index (χ3v) is 5.47. The van der Waals surface area contributed by atoms with Gasteiger partial charge in [0.2, 0.25) is 0 Å². The van der Waals surface area contributed by atoms with Crippen molar-refractivity contribution in [1.29, 1.82) is 0 Å². The lowest BCUT2D eigenvalue weighted by molar-refractivity contribution is -0.143. The van der Waals surface area contributed by atoms with Crippen molar-refractivity contribution in [3.63, 3.8) is 0 Å². The van der Waals surface area contributed by atoms with Crippen molar-refractivity contribution in [2.75, 3.05) is 26.2 Å². The summed E-state index contributed by atoms with van der Waals surface area (Å²) in [7, 11) is 0. The predicted octanol–water partition coefficient (Wildman–Crippen LogP) is 2.19. The molecule has 0 aromatic heterocycles. The van der Waals surface area contributed by atoms with Crippen molar-refractivity contribution in [3.05, 3.63) is 34.3 Å². The van der Waals surface area contributed by atoms with Crippen LogP contribution in [0.4, 0.5) is 0 Å². The van der Waals surface area contributed by atoms with Crippen LogP contribution in [0.15, 0.2) is 28.7 Å². The first-order chi connectivity index (χ1) is 11.5. The number of halogens is 1. The maximum absolute atomic E-state index is 13.1. The highest BCUT2D eigenvalue weighted by Crippen LogP contribution is 2.38. The van der Waals surface area contributed by atoms with Gasteiger partial charge in [-0.2, -0.15) is 0 Å². The predicted molar refractivity (Wildman–Crippen MR) is 91.8 cm³/mol. The van der Waals surface area contributed by atoms with Gasteiger partial charge in [-0.1, -0.05) is 22.9 Å². The molecule has 2 saturated heterocycles. The Balaban J connectivity index is 1.91. The van der Waals surface area contributed by atoms with E-state index in [-0.39, 0.29) is 12.5 Å². The number of aliphatic carboxylic acids is 1. The molecule has 3 rings (SSSR count). The summed E-state index contributed by atoms with van der Waals surface area (Å²) >= 11 is 3.35. The number of piperidine rings is 1. The van der Waals surface area contributed by atoms with Crippen molar-refractivity contribution in [1.82, 2.24) is 9.80 Å². The largest absolute Gasteiger partial charge is 0.480 e. The van der Waals surface area contributed by atoms with E-state index in [9.17, 15) is 14.7 Å². The molecular formula is C17H21BrN2O4. The molecule has 7 heteroatoms. The van der Waals surface area contributed by atoms with Crippen LogP contribution < -0.4 is 0 Å². The lowest BCUT2D eigenvalue weighted by atomic mass is 9.97. The Morgan fingerprint density at radius 3 is 2.46 bits per heavy atom. The quantitative estimate of drug-likeness (QED) is 0.847. The zero-order valence-corrected chi connectivity index (χ0v) is 15.2. The Hall–Kier alpha value is -1.44. The number of carbonyl (C=O) groups excluding carboxylic acids is 1. The van der Waals surface area contributed by atoms with Crippen LogP contribution in [0.1, 0.15) is 30.1 Å². The van der Waals surface area contributed by atoms with Crippen molar-refractivity contribution in [3.8, 4) is 0 Å². The summed E-state index contributed by atoms with van der Waals surface area (Å²) in [5, 5.41) is 9.54. The van der Waals surface area contributed by atoms with Gasteiger partial charge in [0.15, 0.2) is 6.04 Å². The normalized spacial score (nSPS) is 23.6. The summed E-state index contributed by atoms with van der Waals surface area (Å²) < 4.78 is 6.79. The molecular weight excluding hydrogens is 376 g/mol. The average Bonchev–Trinajstić information content (AvgIpc) is 2.95. The summed E-state index contributed by atoms with van der Waals surface area (Å²) in [6, 6.07) is 6.05. The number of rotatable bonds is 3. The zero-order valence-electron chi connectivity index (χ0n) is 13.6. The molecule has 2 fully saturated rings. The van der Waals surface area contributed by atoms with E-state index in [2.05, 4.69) is 27.8 Å². The van der Waals surface area contributed by atoms with Crippen LogP contribution in [-0.2, 0) is 9.53 Å². The van der Waals surface area contributed by atoms with E-state index in [1.165, 1.54) is 4.90 Å². The molecule has 130 valence electrons. The number of nitrogens with zero attached hydrogens (tertiary/aromatic N) is 2. The molecule has 1 N–H and O–H groups in total. The van der Waals surface area contributed by atoms with Crippen LogP contribution in [0.5, 0.6) is 0 Å². The molecule has 1 spiro atoms. The Bertz CT molecular complexity index is 626. The van der Waals surface area contributed by atoms with Gasteiger partial charge in [0, 0.05) is 36.0 Å². The molecule has 0 radical (unpaired) electrons. The van der Waals surface area contributed by atoms with E-state index < -0.39 is 17.7 Å². The second kappa shape index (κ2) is 6.82. The number of carboxylic acid groups (broad SMARTS) is 1. The maximum Gasteiger partial charge on any atom is 0.328 e. The van der Waals surface area contributed by atoms with E-state index in [1.807, 2.05) is 0 Å². The topological polar surface area (TPSA) is 70.1 Å². The molecule has 2 heterocycles. The fourth-order valence-corrected chi connectivity index (χ4v) is 3.77. The minimum Gasteiger partial charge on any atom is -0.480 e. The number of carbonyl (C=O) groups is 2. The van der Waals surface area contributed by atoms with E-state index in [0.717, 1.165) is 24.1 Å². The Morgan fingerprint density at radius 1 is 1.29 bits per heavy atom. The number of hydrogen-bond donors (Lipinski definition) is 1. The van der Waals surface area contributed by atoms with Gasteiger partial charge in [0.1, 0.15) is 5.72 Å². The summed E-state index contributed by atoms with van der Waals surface area (Å²) in [5.74, 6) is -1.30. The fourth-order valence-electron chi connectivity index (χ4n) is 3.51. The highest BCUT2D eigenvalue weighted by molar-refractivity contribution is 9.10. The van der Waals surface area contributed by atoms with Gasteiger partial charge in [-0.15, -0.1) is 0 Å². The summed E-state index contributed by atoms with van der Waals surface area (Å²) in [6.45, 7) is 4.68. The van der Waals surface area contributed by atoms with Gasteiger partial charge in [-0.05, 0) is 30.8 Å². The smallest absolute Gasteiger partial charge is 0.328 e. The van der Waals surface area contributed by atoms with Gasteiger partial charge >= 0.3 is 5.97 Å². The lowest BCUT2D eigenvalue weighted by Crippen LogP contribution is -2.58. The van der Waals surface area contributed by atoms with E-state index in [4.69, 9.17) is 4.74 Å². The summed E-state index contributed by atoms with van der Waals surface area (Å²) in [5.41, 5.74) is -0.328. The Kier molecular flexibility index (Phi) is 4.94. The number of hydrogen-bond acceptors (Lipinski definition) is 4. The average molecular weight is 397 g/mol. The third kappa shape index (κ3) is 3.08. The molecule has 2 aliphatic heterocycles. The van der Waals surface area contributed by atoms with Crippen LogP contribution in [0.25, 0.3) is 0 Å². The molecule has 0 saturated carbocycles. The highest BCUT2D eigenvalue weighted by Gasteiger charge is 2.53. The molecule has 2 aliphatic rings. The Morgan fingerprint density at radius 2 is 1.92 bits per heavy atom. The van der Waals surface area contributed by atoms with Gasteiger partial charge < -0.3 is 14.7 Å². The summed E-state index contributed by atoms with van der Waals surface area (Å²) in [4.78, 5) is 28.5. The van der Waals surface area contributed by atoms with Gasteiger partial charge in [0.25, 0.3) is 5.91 Å². The Labute approximate surface area is 149 Å². The van der Waals surface area contributed by atoms with Crippen molar-refractivity contribution in [2.24, 2.45) is 0 Å². The SMILES string of the molecule is CCN1CCC2(CC1)OC[C@H](C(=O)O)N2C(=O)c1ccc(Br)cc1. The molecule has 0 unspecified atom stereocenters. The van der Waals surface area contributed by atoms with Gasteiger partial charge in [0.05, 0.1) is 6.61 Å². The molecule has 24 heavy (non-hydrogen) atoms. The van der Waals surface area contributed by atoms with E-state index in [0.29, 0.717) is 18.4 Å². The standard InChI is InChI=1S/C17H21BrN2O4/c1-2-19-9-7-17(8-10-19)20(14(11-24-17)16(22)23)15(21)12-3-5-13(18)6-4-12/h3-6,14H,2,7-11H2,1H3,(H,22,23)/t14-/m1/s1. The van der Waals surface area contributed by atoms with Gasteiger partial charge in [-0.3, -0.25) is 9.69 Å². The molecule has 1 aromatic carbocycles. The first-order valence-corrected chi connectivity index (χ1v) is 8.94. The summed E-state index contributed by atoms with van der Waals surface area (Å²) in [6.07, 6.45) is 1.26. The number of likely N-dealkylation sites (tertiary alicyclic amines) is 1. The number of benzene rings is 1. The minimum atomic E-state index is -1.02. The lowest BCUT2D eigenvalue weighted by Gasteiger charge is -2.44. The molecule has 0 bridgehead atoms. The molecule has 1 amide bonds. The van der Waals surface area contributed by atoms with Crippen LogP contribution in [0.3, 0.4) is 0 Å². The molecule has 1 atom stereocenters. The second-order valence-electron chi connectivity index (χ2n) is 6.23. The molecule has 0 aliphatic carbocycles. The zero-order chi connectivity index (χ0) is 17.3. The number of ether oxygens (including phenoxy) is 1. The van der Waals surface area contributed by atoms with Crippen LogP contribution >= 0.6 is 15.9 Å². The minimum absolute atomic E-state index is 0.0454. The van der Waals surface area contributed by atoms with Crippen LogP contribution in [0.2, 0.25) is 0 Å². The highest BCUT2D eigenvalue weighted by atomic mass is 79.9. The van der Waals surface area contributed by atoms with Crippen molar-refractivity contribution >= 4 is 27.8 Å². The fraction of sp³-hybridized carbons (Fsp3) is 0.529. The third-order valence-electron chi connectivity index (χ3n) is 4.94. The maximum atomic E-state index is 13.1. The first-order valence-electron chi connectivity index (χ1n) is 8.15. The number of amides is 1. The monoisotopic (exact) mass is 396 g/mol. The van der Waals surface area contributed by atoms with Crippen LogP contribution in [-0.4, -0.2) is 64.8 Å². The van der Waals surface area contributed by atoms with Crippen molar-refractivity contribution in [2.45, 2.75) is 31.5 Å². The van der Waals surface area contributed by atoms with Crippen LogP contribution in [0, 0.1) is 0 Å². The van der Waals surface area contributed by atoms with E-state index >= 15 is 0 Å². The molecule has 1 aromatic rings. The van der Waals surface area contributed by atoms with Gasteiger partial charge in [-0.25, -0.2) is 4.79 Å². The first kappa shape index (κ1) is 17.4. The van der Waals surface area contributed by atoms with Crippen molar-refractivity contribution < 1.29 is 19.4 Å². The second-order valence-corrected chi connectivity index (χ2v) is 7.14. The molecule has 6 nitrogen and oxygen atoms in total. The van der Waals surface area contributed by atoms with E-state index in [1.54, 1.807) is 24.3 Å². The number of carboxylic acids is 1.